The molecule has 0 saturated carbocycles. The third-order valence-electron chi connectivity index (χ3n) is 9.83. The standard InChI is InChI=1S/C46H29NO/c1-2-10-33(11-3-1)47(35-23-25-38-32(29-35)20-28-45-46(38)43-13-6-7-16-44(43)48-45)34-21-17-31(18-22-34)37-14-8-15-39-40(37)26-27-41-36-12-5-4-9-30(36)19-24-42(39)41/h1-29H. The SMILES string of the molecule is c1ccc(N(c2ccc(-c3cccc4c3ccc3c5ccccc5ccc43)cc2)c2ccc3c(ccc4oc5ccccc5c43)c2)cc1. The van der Waals surface area contributed by atoms with Gasteiger partial charge in [-0.3, -0.25) is 0 Å². The lowest BCUT2D eigenvalue weighted by molar-refractivity contribution is 0.669. The molecule has 0 fully saturated rings. The van der Waals surface area contributed by atoms with Gasteiger partial charge in [0.1, 0.15) is 11.2 Å². The van der Waals surface area contributed by atoms with Gasteiger partial charge in [-0.1, -0.05) is 127 Å². The van der Waals surface area contributed by atoms with Crippen molar-refractivity contribution in [2.24, 2.45) is 0 Å². The first kappa shape index (κ1) is 26.8. The lowest BCUT2D eigenvalue weighted by atomic mass is 9.92. The van der Waals surface area contributed by atoms with E-state index in [-0.39, 0.29) is 0 Å². The fourth-order valence-electron chi connectivity index (χ4n) is 7.60. The van der Waals surface area contributed by atoms with E-state index >= 15 is 0 Å². The zero-order valence-electron chi connectivity index (χ0n) is 26.1. The van der Waals surface area contributed by atoms with Gasteiger partial charge < -0.3 is 9.32 Å². The van der Waals surface area contributed by atoms with Crippen LogP contribution in [0.5, 0.6) is 0 Å². The number of hydrogen-bond acceptors (Lipinski definition) is 2. The highest BCUT2D eigenvalue weighted by Crippen LogP contribution is 2.41. The van der Waals surface area contributed by atoms with Crippen molar-refractivity contribution < 1.29 is 4.42 Å². The predicted octanol–water partition coefficient (Wildman–Crippen LogP) is 13.3. The van der Waals surface area contributed by atoms with Crippen molar-refractivity contribution in [1.29, 1.82) is 0 Å². The second-order valence-corrected chi connectivity index (χ2v) is 12.5. The fraction of sp³-hybridized carbons (Fsp3) is 0. The number of para-hydroxylation sites is 2. The Morgan fingerprint density at radius 1 is 0.333 bits per heavy atom. The van der Waals surface area contributed by atoms with Gasteiger partial charge >= 0.3 is 0 Å². The average Bonchev–Trinajstić information content (AvgIpc) is 3.54. The minimum absolute atomic E-state index is 0.918. The molecule has 0 N–H and O–H groups in total. The van der Waals surface area contributed by atoms with Crippen molar-refractivity contribution in [3.8, 4) is 11.1 Å². The van der Waals surface area contributed by atoms with Crippen LogP contribution in [0.4, 0.5) is 17.1 Å². The van der Waals surface area contributed by atoms with E-state index in [1.165, 1.54) is 59.6 Å². The van der Waals surface area contributed by atoms with E-state index in [2.05, 4.69) is 169 Å². The van der Waals surface area contributed by atoms with E-state index in [1.807, 2.05) is 12.1 Å². The maximum Gasteiger partial charge on any atom is 0.136 e. The quantitative estimate of drug-likeness (QED) is 0.184. The minimum atomic E-state index is 0.918. The van der Waals surface area contributed by atoms with Crippen LogP contribution in [0.15, 0.2) is 180 Å². The summed E-state index contributed by atoms with van der Waals surface area (Å²) < 4.78 is 6.18. The summed E-state index contributed by atoms with van der Waals surface area (Å²) in [6.07, 6.45) is 0. The number of rotatable bonds is 4. The van der Waals surface area contributed by atoms with Gasteiger partial charge in [-0.05, 0) is 103 Å². The largest absolute Gasteiger partial charge is 0.456 e. The van der Waals surface area contributed by atoms with Gasteiger partial charge in [0, 0.05) is 27.8 Å². The molecule has 10 rings (SSSR count). The molecule has 0 aliphatic rings. The summed E-state index contributed by atoms with van der Waals surface area (Å²) in [5.74, 6) is 0. The molecule has 0 aliphatic carbocycles. The molecule has 1 heterocycles. The van der Waals surface area contributed by atoms with Gasteiger partial charge in [0.05, 0.1) is 0 Å². The molecule has 0 unspecified atom stereocenters. The first-order valence-corrected chi connectivity index (χ1v) is 16.4. The van der Waals surface area contributed by atoms with Crippen molar-refractivity contribution in [3.63, 3.8) is 0 Å². The topological polar surface area (TPSA) is 16.4 Å². The monoisotopic (exact) mass is 611 g/mol. The Labute approximate surface area is 277 Å². The highest BCUT2D eigenvalue weighted by Gasteiger charge is 2.16. The summed E-state index contributed by atoms with van der Waals surface area (Å²) >= 11 is 0. The summed E-state index contributed by atoms with van der Waals surface area (Å²) in [7, 11) is 0. The Morgan fingerprint density at radius 2 is 0.958 bits per heavy atom. The molecule has 0 spiro atoms. The van der Waals surface area contributed by atoms with Gasteiger partial charge in [0.25, 0.3) is 0 Å². The molecule has 0 saturated heterocycles. The van der Waals surface area contributed by atoms with Crippen molar-refractivity contribution in [2.75, 3.05) is 4.90 Å². The molecule has 224 valence electrons. The number of benzene rings is 9. The average molecular weight is 612 g/mol. The smallest absolute Gasteiger partial charge is 0.136 e. The third-order valence-corrected chi connectivity index (χ3v) is 9.83. The lowest BCUT2D eigenvalue weighted by Gasteiger charge is -2.26. The van der Waals surface area contributed by atoms with Crippen molar-refractivity contribution in [3.05, 3.63) is 176 Å². The molecule has 2 nitrogen and oxygen atoms in total. The molecule has 0 aliphatic heterocycles. The highest BCUT2D eigenvalue weighted by molar-refractivity contribution is 6.20. The van der Waals surface area contributed by atoms with Gasteiger partial charge in [0.2, 0.25) is 0 Å². The summed E-state index contributed by atoms with van der Waals surface area (Å²) in [5.41, 5.74) is 7.61. The van der Waals surface area contributed by atoms with Gasteiger partial charge in [0.15, 0.2) is 0 Å². The molecular formula is C46H29NO. The molecule has 2 heteroatoms. The van der Waals surface area contributed by atoms with Gasteiger partial charge in [-0.25, -0.2) is 0 Å². The van der Waals surface area contributed by atoms with Gasteiger partial charge in [-0.15, -0.1) is 0 Å². The number of fused-ring (bicyclic) bond motifs is 10. The van der Waals surface area contributed by atoms with Crippen LogP contribution in [0.2, 0.25) is 0 Å². The normalized spacial score (nSPS) is 11.8. The molecule has 0 bridgehead atoms. The predicted molar refractivity (Wildman–Crippen MR) is 204 cm³/mol. The number of nitrogens with zero attached hydrogens (tertiary/aromatic N) is 1. The van der Waals surface area contributed by atoms with E-state index in [0.717, 1.165) is 33.6 Å². The van der Waals surface area contributed by atoms with Crippen LogP contribution in [-0.4, -0.2) is 0 Å². The van der Waals surface area contributed by atoms with E-state index < -0.39 is 0 Å². The van der Waals surface area contributed by atoms with E-state index in [1.54, 1.807) is 0 Å². The number of furan rings is 1. The molecule has 48 heavy (non-hydrogen) atoms. The van der Waals surface area contributed by atoms with Crippen LogP contribution < -0.4 is 4.90 Å². The Balaban J connectivity index is 1.09. The molecule has 1 aromatic heterocycles. The molecule has 0 amide bonds. The Kier molecular flexibility index (Phi) is 5.91. The second-order valence-electron chi connectivity index (χ2n) is 12.5. The second kappa shape index (κ2) is 10.6. The fourth-order valence-corrected chi connectivity index (χ4v) is 7.60. The van der Waals surface area contributed by atoms with Crippen LogP contribution in [0, 0.1) is 0 Å². The van der Waals surface area contributed by atoms with Crippen molar-refractivity contribution in [2.45, 2.75) is 0 Å². The first-order chi connectivity index (χ1) is 23.8. The van der Waals surface area contributed by atoms with E-state index in [9.17, 15) is 0 Å². The van der Waals surface area contributed by atoms with Crippen molar-refractivity contribution in [1.82, 2.24) is 0 Å². The molecule has 10 aromatic rings. The number of hydrogen-bond donors (Lipinski definition) is 0. The summed E-state index contributed by atoms with van der Waals surface area (Å²) in [6.45, 7) is 0. The minimum Gasteiger partial charge on any atom is -0.456 e. The summed E-state index contributed by atoms with van der Waals surface area (Å²) in [6, 6.07) is 63.3. The zero-order chi connectivity index (χ0) is 31.6. The molecule has 0 atom stereocenters. The maximum absolute atomic E-state index is 6.18. The number of anilines is 3. The molecular weight excluding hydrogens is 583 g/mol. The van der Waals surface area contributed by atoms with Crippen molar-refractivity contribution >= 4 is 82.1 Å². The lowest BCUT2D eigenvalue weighted by Crippen LogP contribution is -2.09. The summed E-state index contributed by atoms with van der Waals surface area (Å²) in [5, 5.41) is 12.4. The van der Waals surface area contributed by atoms with Crippen LogP contribution in [0.25, 0.3) is 76.2 Å². The van der Waals surface area contributed by atoms with Crippen LogP contribution >= 0.6 is 0 Å². The maximum atomic E-state index is 6.18. The first-order valence-electron chi connectivity index (χ1n) is 16.4. The van der Waals surface area contributed by atoms with E-state index in [4.69, 9.17) is 4.42 Å². The van der Waals surface area contributed by atoms with Crippen LogP contribution in [-0.2, 0) is 0 Å². The highest BCUT2D eigenvalue weighted by atomic mass is 16.3. The van der Waals surface area contributed by atoms with Crippen LogP contribution in [0.3, 0.4) is 0 Å². The Morgan fingerprint density at radius 3 is 1.85 bits per heavy atom. The Hall–Kier alpha value is -6.38. The van der Waals surface area contributed by atoms with Crippen LogP contribution in [0.1, 0.15) is 0 Å². The summed E-state index contributed by atoms with van der Waals surface area (Å²) in [4.78, 5) is 2.34. The molecule has 9 aromatic carbocycles. The zero-order valence-corrected chi connectivity index (χ0v) is 26.1. The molecule has 0 radical (unpaired) electrons. The third kappa shape index (κ3) is 4.13. The van der Waals surface area contributed by atoms with E-state index in [0.29, 0.717) is 0 Å². The Bertz CT molecular complexity index is 2830. The van der Waals surface area contributed by atoms with Gasteiger partial charge in [-0.2, -0.15) is 0 Å².